The predicted molar refractivity (Wildman–Crippen MR) is 71.3 cm³/mol. The van der Waals surface area contributed by atoms with E-state index in [1.165, 1.54) is 12.5 Å². The van der Waals surface area contributed by atoms with Gasteiger partial charge in [0.2, 0.25) is 0 Å². The molecule has 0 aromatic carbocycles. The van der Waals surface area contributed by atoms with Crippen LogP contribution in [0.1, 0.15) is 43.5 Å². The number of aliphatic hydroxyl groups is 1. The Morgan fingerprint density at radius 1 is 1.32 bits per heavy atom. The summed E-state index contributed by atoms with van der Waals surface area (Å²) in [5, 5.41) is 10.9. The van der Waals surface area contributed by atoms with Crippen LogP contribution in [0.4, 0.5) is 4.39 Å². The molecule has 2 fully saturated rings. The van der Waals surface area contributed by atoms with Crippen LogP contribution in [-0.2, 0) is 5.60 Å². The summed E-state index contributed by atoms with van der Waals surface area (Å²) < 4.78 is 14.0. The normalized spacial score (nSPS) is 35.4. The maximum Gasteiger partial charge on any atom is 0.147 e. The number of fused-ring (bicyclic) bond motifs is 2. The van der Waals surface area contributed by atoms with Gasteiger partial charge in [0, 0.05) is 17.8 Å². The number of halogens is 1. The first-order valence-electron chi connectivity index (χ1n) is 7.07. The molecular formula is C15H21FN2O. The molecule has 19 heavy (non-hydrogen) atoms. The highest BCUT2D eigenvalue weighted by Crippen LogP contribution is 2.43. The number of aryl methyl sites for hydroxylation is 1. The number of aromatic nitrogens is 1. The second-order valence-electron chi connectivity index (χ2n) is 6.13. The molecule has 1 N–H and O–H groups in total. The molecule has 2 atom stereocenters. The Morgan fingerprint density at radius 3 is 2.58 bits per heavy atom. The van der Waals surface area contributed by atoms with Crippen molar-refractivity contribution in [3.63, 3.8) is 0 Å². The Labute approximate surface area is 113 Å². The Kier molecular flexibility index (Phi) is 3.10. The zero-order valence-corrected chi connectivity index (χ0v) is 11.6. The van der Waals surface area contributed by atoms with Crippen LogP contribution in [0.25, 0.3) is 0 Å². The summed E-state index contributed by atoms with van der Waals surface area (Å²) in [7, 11) is 2.12. The number of hydrogen-bond donors (Lipinski definition) is 1. The number of rotatable bonds is 1. The van der Waals surface area contributed by atoms with E-state index in [0.717, 1.165) is 18.5 Å². The zero-order valence-electron chi connectivity index (χ0n) is 11.6. The topological polar surface area (TPSA) is 36.4 Å². The molecule has 3 rings (SSSR count). The standard InChI is InChI=1S/C15H21FN2O/c1-10-6-7-13(16)14(17-10)15(19)8-11-4-3-5-12(9-15)18(11)2/h6-7,11-12,19H,3-5,8-9H2,1-2H3. The van der Waals surface area contributed by atoms with Gasteiger partial charge in [0.25, 0.3) is 0 Å². The summed E-state index contributed by atoms with van der Waals surface area (Å²) in [4.78, 5) is 6.63. The second-order valence-corrected chi connectivity index (χ2v) is 6.13. The fraction of sp³-hybridized carbons (Fsp3) is 0.667. The fourth-order valence-corrected chi connectivity index (χ4v) is 3.71. The van der Waals surface area contributed by atoms with E-state index in [0.29, 0.717) is 24.9 Å². The van der Waals surface area contributed by atoms with Gasteiger partial charge in [-0.1, -0.05) is 6.42 Å². The molecule has 1 aromatic heterocycles. The molecule has 3 nitrogen and oxygen atoms in total. The lowest BCUT2D eigenvalue weighted by molar-refractivity contribution is -0.0917. The Morgan fingerprint density at radius 2 is 1.95 bits per heavy atom. The van der Waals surface area contributed by atoms with Crippen LogP contribution in [0.2, 0.25) is 0 Å². The van der Waals surface area contributed by atoms with Gasteiger partial charge in [-0.05, 0) is 51.8 Å². The minimum Gasteiger partial charge on any atom is -0.383 e. The summed E-state index contributed by atoms with van der Waals surface area (Å²) in [6, 6.07) is 3.76. The first kappa shape index (κ1) is 13.0. The van der Waals surface area contributed by atoms with Crippen LogP contribution in [0.15, 0.2) is 12.1 Å². The van der Waals surface area contributed by atoms with Crippen molar-refractivity contribution in [3.05, 3.63) is 29.3 Å². The highest BCUT2D eigenvalue weighted by molar-refractivity contribution is 5.21. The summed E-state index contributed by atoms with van der Waals surface area (Å²) in [6.07, 6.45) is 4.56. The van der Waals surface area contributed by atoms with Gasteiger partial charge in [-0.2, -0.15) is 0 Å². The SMILES string of the molecule is Cc1ccc(F)c(C2(O)CC3CCCC(C2)N3C)n1. The van der Waals surface area contributed by atoms with E-state index in [9.17, 15) is 9.50 Å². The van der Waals surface area contributed by atoms with Gasteiger partial charge in [0.05, 0.1) is 0 Å². The predicted octanol–water partition coefficient (Wildman–Crippen LogP) is 2.36. The monoisotopic (exact) mass is 264 g/mol. The van der Waals surface area contributed by atoms with Crippen molar-refractivity contribution in [2.24, 2.45) is 0 Å². The lowest BCUT2D eigenvalue weighted by Crippen LogP contribution is -2.55. The molecule has 0 aliphatic carbocycles. The lowest BCUT2D eigenvalue weighted by atomic mass is 9.74. The van der Waals surface area contributed by atoms with Gasteiger partial charge in [-0.15, -0.1) is 0 Å². The molecule has 2 saturated heterocycles. The van der Waals surface area contributed by atoms with Crippen LogP contribution in [0, 0.1) is 12.7 Å². The Balaban J connectivity index is 1.97. The molecule has 0 amide bonds. The van der Waals surface area contributed by atoms with Gasteiger partial charge in [-0.25, -0.2) is 4.39 Å². The first-order chi connectivity index (χ1) is 8.99. The number of hydrogen-bond acceptors (Lipinski definition) is 3. The van der Waals surface area contributed by atoms with Crippen LogP contribution in [0.5, 0.6) is 0 Å². The van der Waals surface area contributed by atoms with Gasteiger partial charge in [0.15, 0.2) is 0 Å². The molecule has 2 unspecified atom stereocenters. The van der Waals surface area contributed by atoms with Gasteiger partial charge >= 0.3 is 0 Å². The van der Waals surface area contributed by atoms with Crippen LogP contribution >= 0.6 is 0 Å². The summed E-state index contributed by atoms with van der Waals surface area (Å²) in [5.41, 5.74) is -0.0929. The second kappa shape index (κ2) is 4.53. The highest BCUT2D eigenvalue weighted by Gasteiger charge is 2.46. The van der Waals surface area contributed by atoms with Crippen LogP contribution < -0.4 is 0 Å². The van der Waals surface area contributed by atoms with Crippen molar-refractivity contribution in [3.8, 4) is 0 Å². The van der Waals surface area contributed by atoms with E-state index in [1.54, 1.807) is 6.07 Å². The first-order valence-corrected chi connectivity index (χ1v) is 7.07. The quantitative estimate of drug-likeness (QED) is 0.846. The van der Waals surface area contributed by atoms with E-state index in [-0.39, 0.29) is 11.5 Å². The molecule has 2 aliphatic heterocycles. The molecule has 2 bridgehead atoms. The van der Waals surface area contributed by atoms with Gasteiger partial charge < -0.3 is 10.0 Å². The van der Waals surface area contributed by atoms with Crippen molar-refractivity contribution in [1.82, 2.24) is 9.88 Å². The maximum absolute atomic E-state index is 14.0. The number of pyridine rings is 1. The van der Waals surface area contributed by atoms with Crippen molar-refractivity contribution in [2.45, 2.75) is 56.7 Å². The smallest absolute Gasteiger partial charge is 0.147 e. The van der Waals surface area contributed by atoms with E-state index in [4.69, 9.17) is 0 Å². The molecule has 3 heterocycles. The van der Waals surface area contributed by atoms with E-state index >= 15 is 0 Å². The van der Waals surface area contributed by atoms with Crippen molar-refractivity contribution in [1.29, 1.82) is 0 Å². The third-order valence-electron chi connectivity index (χ3n) is 4.80. The third-order valence-corrected chi connectivity index (χ3v) is 4.80. The Bertz CT molecular complexity index is 477. The summed E-state index contributed by atoms with van der Waals surface area (Å²) in [5.74, 6) is -0.379. The third kappa shape index (κ3) is 2.17. The molecular weight excluding hydrogens is 243 g/mol. The number of nitrogens with zero attached hydrogens (tertiary/aromatic N) is 2. The summed E-state index contributed by atoms with van der Waals surface area (Å²) >= 11 is 0. The van der Waals surface area contributed by atoms with Gasteiger partial charge in [0.1, 0.15) is 17.1 Å². The molecule has 104 valence electrons. The summed E-state index contributed by atoms with van der Waals surface area (Å²) in [6.45, 7) is 1.84. The van der Waals surface area contributed by atoms with Crippen molar-refractivity contribution in [2.75, 3.05) is 7.05 Å². The molecule has 4 heteroatoms. The minimum atomic E-state index is -1.10. The zero-order chi connectivity index (χ0) is 13.6. The molecule has 0 radical (unpaired) electrons. The van der Waals surface area contributed by atoms with Crippen LogP contribution in [0.3, 0.4) is 0 Å². The largest absolute Gasteiger partial charge is 0.383 e. The minimum absolute atomic E-state index is 0.248. The van der Waals surface area contributed by atoms with Crippen molar-refractivity contribution < 1.29 is 9.50 Å². The molecule has 1 aromatic rings. The average molecular weight is 264 g/mol. The Hall–Kier alpha value is -1.00. The molecule has 0 saturated carbocycles. The average Bonchev–Trinajstić information content (AvgIpc) is 2.34. The van der Waals surface area contributed by atoms with E-state index in [2.05, 4.69) is 16.9 Å². The highest BCUT2D eigenvalue weighted by atomic mass is 19.1. The fourth-order valence-electron chi connectivity index (χ4n) is 3.71. The van der Waals surface area contributed by atoms with E-state index in [1.807, 2.05) is 6.92 Å². The molecule has 2 aliphatic rings. The number of piperidine rings is 2. The molecule has 0 spiro atoms. The lowest BCUT2D eigenvalue weighted by Gasteiger charge is -2.50. The van der Waals surface area contributed by atoms with E-state index < -0.39 is 5.60 Å². The van der Waals surface area contributed by atoms with Gasteiger partial charge in [-0.3, -0.25) is 4.98 Å². The van der Waals surface area contributed by atoms with Crippen LogP contribution in [-0.4, -0.2) is 34.1 Å². The maximum atomic E-state index is 14.0. The van der Waals surface area contributed by atoms with Crippen molar-refractivity contribution >= 4 is 0 Å².